The van der Waals surface area contributed by atoms with E-state index < -0.39 is 52.1 Å². The number of nitrogen functional groups attached to an aromatic ring is 3. The van der Waals surface area contributed by atoms with Crippen molar-refractivity contribution in [3.63, 3.8) is 0 Å². The number of carbonyl (C=O) groups excluding carboxylic acids is 3. The molecule has 15 rings (SSSR count). The number of aromatic nitrogens is 12. The predicted molar refractivity (Wildman–Crippen MR) is 486 cm³/mol. The Balaban J connectivity index is 0.000000164. The van der Waals surface area contributed by atoms with Gasteiger partial charge in [0, 0.05) is 98.5 Å². The van der Waals surface area contributed by atoms with Crippen LogP contribution in [0.5, 0.6) is 0 Å². The molecular formula is C94H100F5N21O8. The van der Waals surface area contributed by atoms with Gasteiger partial charge in [0.2, 0.25) is 17.7 Å². The van der Waals surface area contributed by atoms with Crippen LogP contribution >= 0.6 is 0 Å². The molecule has 3 amide bonds. The van der Waals surface area contributed by atoms with Crippen LogP contribution in [-0.2, 0) is 14.4 Å². The summed E-state index contributed by atoms with van der Waals surface area (Å²) < 4.78 is 81.6. The Morgan fingerprint density at radius 3 is 1.27 bits per heavy atom. The van der Waals surface area contributed by atoms with Crippen molar-refractivity contribution in [2.75, 3.05) is 71.2 Å². The molecule has 2 unspecified atom stereocenters. The Hall–Kier alpha value is -14.5. The smallest absolute Gasteiger partial charge is 0.355 e. The summed E-state index contributed by atoms with van der Waals surface area (Å²) in [5.41, 5.74) is 20.5. The highest BCUT2D eigenvalue weighted by Gasteiger charge is 2.40. The molecule has 3 fully saturated rings. The largest absolute Gasteiger partial charge is 0.478 e. The zero-order valence-corrected chi connectivity index (χ0v) is 73.7. The van der Waals surface area contributed by atoms with Crippen LogP contribution in [0.25, 0.3) is 83.9 Å². The SMILES string of the molecule is C=CC(=O)N1CC(C)N(c2nc(=O)n(-c3c(C)ccnc3C(C)C)c3nc(-c4ccccc4C(=O)O)c(F)cc23)CC1C.C=CC(=O)N1[C@H](C)CN(c2nc(=O)n(-c3c(C)cc(N)nc3C(C)C)c3nc(-c4c(N)cccc4F)c(F)cc23)C[C@@H]1C.C=CC(=O)N1[C@H](C)CN(c2nc(=O)n(-c3c(C)cc(N)nc3C(C)C)c3nc(-c4ccccc4F)c(F)cc23)C[C@@H]1C. The molecule has 29 nitrogen and oxygen atoms in total. The number of pyridine rings is 6. The third-order valence-corrected chi connectivity index (χ3v) is 23.2. The summed E-state index contributed by atoms with van der Waals surface area (Å²) in [6.07, 6.45) is 5.47. The van der Waals surface area contributed by atoms with Crippen LogP contribution in [0.15, 0.2) is 162 Å². The van der Waals surface area contributed by atoms with Gasteiger partial charge in [0.05, 0.1) is 61.4 Å². The fourth-order valence-corrected chi connectivity index (χ4v) is 17.5. The average molecular weight is 1750 g/mol. The van der Waals surface area contributed by atoms with E-state index in [9.17, 15) is 43.1 Å². The maximum Gasteiger partial charge on any atom is 0.355 e. The van der Waals surface area contributed by atoms with Crippen LogP contribution in [-0.4, -0.2) is 178 Å². The van der Waals surface area contributed by atoms with E-state index in [1.807, 2.05) is 105 Å². The molecule has 6 atom stereocenters. The first kappa shape index (κ1) is 91.2. The average Bonchev–Trinajstić information content (AvgIpc) is 0.741. The number of fused-ring (bicyclic) bond motifs is 3. The fraction of sp³-hybridized carbons (Fsp3) is 0.319. The van der Waals surface area contributed by atoms with Crippen molar-refractivity contribution in [2.24, 2.45) is 0 Å². The van der Waals surface area contributed by atoms with E-state index in [0.29, 0.717) is 90.4 Å². The highest BCUT2D eigenvalue weighted by Crippen LogP contribution is 2.41. The van der Waals surface area contributed by atoms with Crippen LogP contribution in [0.1, 0.15) is 145 Å². The van der Waals surface area contributed by atoms with Crippen LogP contribution in [0.4, 0.5) is 56.7 Å². The normalized spacial score (nSPS) is 17.1. The van der Waals surface area contributed by atoms with Crippen LogP contribution in [0.2, 0.25) is 0 Å². The van der Waals surface area contributed by atoms with Gasteiger partial charge in [-0.2, -0.15) is 15.0 Å². The number of piperazine rings is 3. The third kappa shape index (κ3) is 17.2. The van der Waals surface area contributed by atoms with Crippen molar-refractivity contribution in [2.45, 2.75) is 158 Å². The lowest BCUT2D eigenvalue weighted by molar-refractivity contribution is -0.131. The molecule has 12 aromatic rings. The van der Waals surface area contributed by atoms with Gasteiger partial charge >= 0.3 is 23.0 Å². The molecule has 3 aliphatic rings. The standard InChI is InChI=1S/C32H33FN6O4.C31H34F2N8O2.C31H33F2N7O2/c1-7-25(40)37-15-20(6)38(16-19(37)5)29-23-14-24(33)27(21-10-8-9-11-22(21)31(41)42)35-30(23)39(32(43)36-29)28-18(4)12-13-34-26(28)17(2)3;1-7-24(42)40-17(5)13-39(14-18(40)6)29-19-12-21(33)27(25-20(32)9-8-10-22(25)34)37-30(19)41(31(43)38-29)28-16(4)11-23(35)36-26(28)15(2)3;1-7-25(41)39-18(5)14-38(15-19(39)6)29-21-13-23(33)27(20-10-8-9-11-22(20)32)36-30(21)40(31(42)37-29)28-17(4)12-24(34)35-26(28)16(2)3/h7-14,17,19-20H,1,15-16H2,2-6H3,(H,41,42);7-12,15,17-18H,1,13-14,34H2,2-6H3,(H2,35,36);7-13,16,18-19H,1,14-15H2,2-6H3,(H2,34,35)/t;17-,18+;18-,19+. The minimum absolute atomic E-state index is 0.00668. The lowest BCUT2D eigenvalue weighted by Crippen LogP contribution is -2.58. The zero-order chi connectivity index (χ0) is 92.9. The van der Waals surface area contributed by atoms with E-state index in [1.54, 1.807) is 71.1 Å². The summed E-state index contributed by atoms with van der Waals surface area (Å²) in [5.74, 6) is -4.72. The molecule has 3 saturated heterocycles. The number of amides is 3. The first-order chi connectivity index (χ1) is 60.7. The van der Waals surface area contributed by atoms with Gasteiger partial charge in [0.15, 0.2) is 22.8 Å². The molecule has 3 aromatic carbocycles. The summed E-state index contributed by atoms with van der Waals surface area (Å²) in [6, 6.07) is 23.0. The number of carbonyl (C=O) groups is 4. The molecule has 0 saturated carbocycles. The van der Waals surface area contributed by atoms with Gasteiger partial charge in [-0.15, -0.1) is 0 Å². The molecular weight excluding hydrogens is 1650 g/mol. The zero-order valence-electron chi connectivity index (χ0n) is 73.7. The van der Waals surface area contributed by atoms with Gasteiger partial charge in [-0.3, -0.25) is 19.4 Å². The maximum atomic E-state index is 16.0. The number of aryl methyl sites for hydroxylation is 3. The molecule has 0 radical (unpaired) electrons. The molecule has 34 heteroatoms. The highest BCUT2D eigenvalue weighted by molar-refractivity contribution is 5.99. The van der Waals surface area contributed by atoms with Gasteiger partial charge in [0.1, 0.15) is 69.4 Å². The van der Waals surface area contributed by atoms with Crippen molar-refractivity contribution >= 4 is 91.6 Å². The van der Waals surface area contributed by atoms with E-state index in [-0.39, 0.29) is 173 Å². The Bertz CT molecular complexity index is 6670. The number of carboxylic acids is 1. The molecule has 3 aliphatic heterocycles. The number of halogens is 5. The van der Waals surface area contributed by atoms with E-state index >= 15 is 17.6 Å². The van der Waals surface area contributed by atoms with Gasteiger partial charge in [-0.1, -0.05) is 97.7 Å². The first-order valence-electron chi connectivity index (χ1n) is 41.8. The third-order valence-electron chi connectivity index (χ3n) is 23.2. The molecule has 0 spiro atoms. The Kier molecular flexibility index (Phi) is 26.1. The van der Waals surface area contributed by atoms with Gasteiger partial charge in [-0.25, -0.2) is 79.8 Å². The second-order valence-electron chi connectivity index (χ2n) is 33.4. The minimum atomic E-state index is -1.23. The molecule has 128 heavy (non-hydrogen) atoms. The highest BCUT2D eigenvalue weighted by atomic mass is 19.1. The Labute approximate surface area is 734 Å². The Morgan fingerprint density at radius 1 is 0.430 bits per heavy atom. The number of hydrogen-bond donors (Lipinski definition) is 4. The molecule has 7 N–H and O–H groups in total. The van der Waals surface area contributed by atoms with Crippen LogP contribution in [0, 0.1) is 49.9 Å². The fourth-order valence-electron chi connectivity index (χ4n) is 17.5. The molecule has 12 heterocycles. The number of nitrogens with two attached hydrogens (primary N) is 3. The first-order valence-corrected chi connectivity index (χ1v) is 41.8. The second kappa shape index (κ2) is 36.6. The molecule has 9 aromatic heterocycles. The van der Waals surface area contributed by atoms with Gasteiger partial charge in [-0.05, 0) is 182 Å². The number of carboxylic acid groups (broad SMARTS) is 1. The van der Waals surface area contributed by atoms with Crippen molar-refractivity contribution in [3.05, 3.63) is 247 Å². The van der Waals surface area contributed by atoms with E-state index in [0.717, 1.165) is 5.56 Å². The van der Waals surface area contributed by atoms with E-state index in [2.05, 4.69) is 64.6 Å². The number of anilines is 6. The van der Waals surface area contributed by atoms with Crippen molar-refractivity contribution in [1.82, 2.24) is 73.3 Å². The van der Waals surface area contributed by atoms with Crippen molar-refractivity contribution < 1.29 is 46.2 Å². The Morgan fingerprint density at radius 2 is 0.828 bits per heavy atom. The second-order valence-corrected chi connectivity index (χ2v) is 33.4. The maximum absolute atomic E-state index is 16.0. The summed E-state index contributed by atoms with van der Waals surface area (Å²) >= 11 is 0. The quantitative estimate of drug-likeness (QED) is 0.0396. The molecule has 0 aliphatic carbocycles. The predicted octanol–water partition coefficient (Wildman–Crippen LogP) is 13.8. The summed E-state index contributed by atoms with van der Waals surface area (Å²) in [4.78, 5) is 143. The van der Waals surface area contributed by atoms with E-state index in [4.69, 9.17) is 17.2 Å². The molecule has 0 bridgehead atoms. The monoisotopic (exact) mass is 1750 g/mol. The summed E-state index contributed by atoms with van der Waals surface area (Å²) in [7, 11) is 0. The van der Waals surface area contributed by atoms with Crippen molar-refractivity contribution in [1.29, 1.82) is 0 Å². The summed E-state index contributed by atoms with van der Waals surface area (Å²) in [6.45, 7) is 41.1. The number of hydrogen-bond acceptors (Lipinski definition) is 22. The number of benzene rings is 3. The van der Waals surface area contributed by atoms with Crippen LogP contribution in [0.3, 0.4) is 0 Å². The topological polar surface area (TPSA) is 368 Å². The number of aromatic carboxylic acids is 1. The molecule has 664 valence electrons. The number of rotatable bonds is 16. The van der Waals surface area contributed by atoms with Gasteiger partial charge in [0.25, 0.3) is 0 Å². The van der Waals surface area contributed by atoms with E-state index in [1.165, 1.54) is 98.7 Å². The van der Waals surface area contributed by atoms with Crippen molar-refractivity contribution in [3.8, 4) is 50.8 Å². The van der Waals surface area contributed by atoms with Crippen LogP contribution < -0.4 is 49.0 Å². The number of nitrogens with zero attached hydrogens (tertiary/aromatic N) is 18. The lowest BCUT2D eigenvalue weighted by Gasteiger charge is -2.44. The van der Waals surface area contributed by atoms with Gasteiger partial charge < -0.3 is 51.7 Å². The summed E-state index contributed by atoms with van der Waals surface area (Å²) in [5, 5.41) is 10.6. The minimum Gasteiger partial charge on any atom is -0.478 e. The lowest BCUT2D eigenvalue weighted by atomic mass is 10.0.